The Balaban J connectivity index is 2.88. The summed E-state index contributed by atoms with van der Waals surface area (Å²) in [6.45, 7) is 0. The Morgan fingerprint density at radius 1 is 1.40 bits per heavy atom. The zero-order chi connectivity index (χ0) is 11.2. The maximum atomic E-state index is 13.2. The first-order chi connectivity index (χ1) is 6.89. The number of benzene rings is 1. The lowest BCUT2D eigenvalue weighted by Gasteiger charge is -1.97. The molecule has 0 aliphatic rings. The van der Waals surface area contributed by atoms with Crippen LogP contribution in [0.25, 0.3) is 11.0 Å². The standard InChI is InChI=1S/C7H2Cl2FNO3S/c8-7-3-1-6(15(9,12)13)4(10)2-5(3)14-11-7/h1-2H. The molecule has 0 bridgehead atoms. The summed E-state index contributed by atoms with van der Waals surface area (Å²) in [5.74, 6) is -1.01. The molecule has 0 fully saturated rings. The van der Waals surface area contributed by atoms with Crippen molar-refractivity contribution < 1.29 is 17.3 Å². The van der Waals surface area contributed by atoms with Crippen molar-refractivity contribution in [3.8, 4) is 0 Å². The van der Waals surface area contributed by atoms with Crippen molar-refractivity contribution in [3.63, 3.8) is 0 Å². The van der Waals surface area contributed by atoms with Gasteiger partial charge in [-0.3, -0.25) is 0 Å². The molecule has 1 heterocycles. The van der Waals surface area contributed by atoms with E-state index in [1.165, 1.54) is 0 Å². The van der Waals surface area contributed by atoms with Crippen LogP contribution in [-0.4, -0.2) is 13.6 Å². The van der Waals surface area contributed by atoms with Gasteiger partial charge in [0.2, 0.25) is 0 Å². The number of hydrogen-bond acceptors (Lipinski definition) is 4. The predicted octanol–water partition coefficient (Wildman–Crippen LogP) is 2.55. The van der Waals surface area contributed by atoms with Gasteiger partial charge in [0.1, 0.15) is 10.7 Å². The number of rotatable bonds is 1. The van der Waals surface area contributed by atoms with E-state index in [4.69, 9.17) is 22.3 Å². The molecule has 0 amide bonds. The molecule has 80 valence electrons. The van der Waals surface area contributed by atoms with Gasteiger partial charge in [0.15, 0.2) is 10.7 Å². The Bertz CT molecular complexity index is 637. The molecule has 0 atom stereocenters. The monoisotopic (exact) mass is 269 g/mol. The Labute approximate surface area is 93.0 Å². The van der Waals surface area contributed by atoms with Crippen LogP contribution in [0.3, 0.4) is 0 Å². The molecule has 0 aliphatic heterocycles. The average Bonchev–Trinajstić information content (AvgIpc) is 2.44. The molecule has 0 saturated carbocycles. The summed E-state index contributed by atoms with van der Waals surface area (Å²) in [6, 6.07) is 1.84. The van der Waals surface area contributed by atoms with Crippen molar-refractivity contribution in [2.24, 2.45) is 0 Å². The van der Waals surface area contributed by atoms with Gasteiger partial charge in [-0.15, -0.1) is 0 Å². The molecule has 0 N–H and O–H groups in total. The first-order valence-electron chi connectivity index (χ1n) is 3.58. The largest absolute Gasteiger partial charge is 0.355 e. The SMILES string of the molecule is O=S(=O)(Cl)c1cc2c(Cl)noc2cc1F. The van der Waals surface area contributed by atoms with Crippen molar-refractivity contribution in [2.45, 2.75) is 4.90 Å². The molecule has 15 heavy (non-hydrogen) atoms. The summed E-state index contributed by atoms with van der Waals surface area (Å²) in [5.41, 5.74) is 0.0570. The highest BCUT2D eigenvalue weighted by atomic mass is 35.7. The number of nitrogens with zero attached hydrogens (tertiary/aromatic N) is 1. The second-order valence-corrected chi connectivity index (χ2v) is 5.58. The fraction of sp³-hybridized carbons (Fsp3) is 0. The predicted molar refractivity (Wildman–Crippen MR) is 52.0 cm³/mol. The lowest BCUT2D eigenvalue weighted by molar-refractivity contribution is 0.454. The van der Waals surface area contributed by atoms with Gasteiger partial charge in [0, 0.05) is 16.7 Å². The number of fused-ring (bicyclic) bond motifs is 1. The van der Waals surface area contributed by atoms with Crippen LogP contribution in [0.4, 0.5) is 4.39 Å². The molecule has 0 radical (unpaired) electrons. The van der Waals surface area contributed by atoms with Crippen LogP contribution in [-0.2, 0) is 9.05 Å². The minimum atomic E-state index is -4.15. The highest BCUT2D eigenvalue weighted by Crippen LogP contribution is 2.29. The molecule has 1 aromatic carbocycles. The van der Waals surface area contributed by atoms with E-state index in [2.05, 4.69) is 9.68 Å². The summed E-state index contributed by atoms with van der Waals surface area (Å²) in [4.78, 5) is -0.651. The van der Waals surface area contributed by atoms with Gasteiger partial charge in [-0.25, -0.2) is 12.8 Å². The summed E-state index contributed by atoms with van der Waals surface area (Å²) in [6.07, 6.45) is 0. The van der Waals surface area contributed by atoms with Crippen LogP contribution < -0.4 is 0 Å². The highest BCUT2D eigenvalue weighted by Gasteiger charge is 2.19. The van der Waals surface area contributed by atoms with Gasteiger partial charge in [0.05, 0.1) is 5.39 Å². The zero-order valence-electron chi connectivity index (χ0n) is 6.87. The smallest absolute Gasteiger partial charge is 0.264 e. The summed E-state index contributed by atoms with van der Waals surface area (Å²) >= 11 is 5.58. The fourth-order valence-corrected chi connectivity index (χ4v) is 2.18. The van der Waals surface area contributed by atoms with E-state index in [0.29, 0.717) is 0 Å². The first-order valence-corrected chi connectivity index (χ1v) is 6.27. The maximum absolute atomic E-state index is 13.2. The number of halogens is 3. The molecule has 0 spiro atoms. The summed E-state index contributed by atoms with van der Waals surface area (Å²) in [5, 5.41) is 3.49. The molecule has 0 saturated heterocycles. The average molecular weight is 270 g/mol. The third-order valence-electron chi connectivity index (χ3n) is 1.74. The lowest BCUT2D eigenvalue weighted by Crippen LogP contribution is -1.94. The van der Waals surface area contributed by atoms with E-state index < -0.39 is 19.8 Å². The van der Waals surface area contributed by atoms with E-state index in [1.807, 2.05) is 0 Å². The van der Waals surface area contributed by atoms with Crippen molar-refractivity contribution in [1.29, 1.82) is 0 Å². The van der Waals surface area contributed by atoms with E-state index in [9.17, 15) is 12.8 Å². The van der Waals surface area contributed by atoms with Gasteiger partial charge in [-0.1, -0.05) is 16.8 Å². The van der Waals surface area contributed by atoms with Crippen molar-refractivity contribution in [1.82, 2.24) is 5.16 Å². The van der Waals surface area contributed by atoms with E-state index in [0.717, 1.165) is 12.1 Å². The Hall–Kier alpha value is -0.850. The molecule has 1 aromatic heterocycles. The van der Waals surface area contributed by atoms with Crippen LogP contribution in [0.1, 0.15) is 0 Å². The van der Waals surface area contributed by atoms with Crippen LogP contribution in [0.15, 0.2) is 21.6 Å². The molecule has 8 heteroatoms. The molecule has 0 unspecified atom stereocenters. The first kappa shape index (κ1) is 10.7. The molecular weight excluding hydrogens is 268 g/mol. The van der Waals surface area contributed by atoms with Crippen LogP contribution in [0, 0.1) is 5.82 Å². The molecule has 0 aliphatic carbocycles. The Morgan fingerprint density at radius 3 is 2.67 bits per heavy atom. The minimum absolute atomic E-state index is 0.0495. The summed E-state index contributed by atoms with van der Waals surface area (Å²) < 4.78 is 39.8. The Morgan fingerprint density at radius 2 is 2.07 bits per heavy atom. The van der Waals surface area contributed by atoms with E-state index >= 15 is 0 Å². The Kier molecular flexibility index (Phi) is 2.37. The zero-order valence-corrected chi connectivity index (χ0v) is 9.20. The van der Waals surface area contributed by atoms with Crippen molar-refractivity contribution >= 4 is 42.3 Å². The van der Waals surface area contributed by atoms with Crippen LogP contribution >= 0.6 is 22.3 Å². The van der Waals surface area contributed by atoms with Gasteiger partial charge in [-0.05, 0) is 6.07 Å². The molecule has 2 aromatic rings. The lowest BCUT2D eigenvalue weighted by atomic mass is 10.2. The third-order valence-corrected chi connectivity index (χ3v) is 3.35. The minimum Gasteiger partial charge on any atom is -0.355 e. The maximum Gasteiger partial charge on any atom is 0.264 e. The van der Waals surface area contributed by atoms with Crippen LogP contribution in [0.2, 0.25) is 5.15 Å². The highest BCUT2D eigenvalue weighted by molar-refractivity contribution is 8.13. The van der Waals surface area contributed by atoms with E-state index in [1.54, 1.807) is 0 Å². The normalized spacial score (nSPS) is 12.2. The van der Waals surface area contributed by atoms with Gasteiger partial charge < -0.3 is 4.52 Å². The van der Waals surface area contributed by atoms with E-state index in [-0.39, 0.29) is 16.1 Å². The molecular formula is C7H2Cl2FNO3S. The number of aromatic nitrogens is 1. The van der Waals surface area contributed by atoms with Gasteiger partial charge in [0.25, 0.3) is 9.05 Å². The summed E-state index contributed by atoms with van der Waals surface area (Å²) in [7, 11) is 0.871. The van der Waals surface area contributed by atoms with Crippen LogP contribution in [0.5, 0.6) is 0 Å². The second kappa shape index (κ2) is 3.33. The van der Waals surface area contributed by atoms with Crippen molar-refractivity contribution in [3.05, 3.63) is 23.1 Å². The van der Waals surface area contributed by atoms with Gasteiger partial charge >= 0.3 is 0 Å². The fourth-order valence-electron chi connectivity index (χ4n) is 1.10. The second-order valence-electron chi connectivity index (χ2n) is 2.69. The third kappa shape index (κ3) is 1.80. The van der Waals surface area contributed by atoms with Crippen molar-refractivity contribution in [2.75, 3.05) is 0 Å². The number of hydrogen-bond donors (Lipinski definition) is 0. The molecule has 2 rings (SSSR count). The topological polar surface area (TPSA) is 60.2 Å². The molecule has 4 nitrogen and oxygen atoms in total. The quantitative estimate of drug-likeness (QED) is 0.747. The van der Waals surface area contributed by atoms with Gasteiger partial charge in [-0.2, -0.15) is 0 Å².